The van der Waals surface area contributed by atoms with E-state index in [-0.39, 0.29) is 6.04 Å². The molecule has 1 unspecified atom stereocenters. The monoisotopic (exact) mass is 295 g/mol. The molecule has 1 heterocycles. The molecule has 3 aromatic rings. The summed E-state index contributed by atoms with van der Waals surface area (Å²) in [6.45, 7) is 3.02. The average Bonchev–Trinajstić information content (AvgIpc) is 3.08. The Labute approximate surface area is 128 Å². The van der Waals surface area contributed by atoms with E-state index in [1.807, 2.05) is 12.3 Å². The molecule has 0 saturated carbocycles. The van der Waals surface area contributed by atoms with Gasteiger partial charge >= 0.3 is 0 Å². The molecule has 0 aliphatic rings. The Balaban J connectivity index is 1.89. The smallest absolute Gasteiger partial charge is 0.0703 e. The van der Waals surface area contributed by atoms with Crippen molar-refractivity contribution in [3.63, 3.8) is 0 Å². The number of benzene rings is 2. The van der Waals surface area contributed by atoms with Gasteiger partial charge in [0.2, 0.25) is 0 Å². The highest BCUT2D eigenvalue weighted by Crippen LogP contribution is 2.26. The molecule has 0 radical (unpaired) electrons. The van der Waals surface area contributed by atoms with E-state index in [9.17, 15) is 0 Å². The molecule has 4 heteroatoms. The van der Waals surface area contributed by atoms with E-state index >= 15 is 0 Å². The maximum absolute atomic E-state index is 3.97. The van der Waals surface area contributed by atoms with E-state index in [2.05, 4.69) is 70.4 Å². The fourth-order valence-electron chi connectivity index (χ4n) is 2.39. The first-order valence-electron chi connectivity index (χ1n) is 7.04. The summed E-state index contributed by atoms with van der Waals surface area (Å²) in [4.78, 5) is 1.14. The van der Waals surface area contributed by atoms with Gasteiger partial charge in [0, 0.05) is 0 Å². The number of hydrogen-bond acceptors (Lipinski definition) is 4. The van der Waals surface area contributed by atoms with Gasteiger partial charge in [0.25, 0.3) is 0 Å². The molecule has 0 bridgehead atoms. The minimum atomic E-state index is 0.167. The summed E-state index contributed by atoms with van der Waals surface area (Å²) >= 11 is 1.44. The van der Waals surface area contributed by atoms with E-state index in [1.54, 1.807) is 0 Å². The molecule has 0 saturated heterocycles. The fraction of sp³-hybridized carbons (Fsp3) is 0.176. The Morgan fingerprint density at radius 2 is 1.71 bits per heavy atom. The first-order valence-corrected chi connectivity index (χ1v) is 7.82. The van der Waals surface area contributed by atoms with Crippen LogP contribution in [0.5, 0.6) is 0 Å². The first-order chi connectivity index (χ1) is 10.4. The third-order valence-corrected chi connectivity index (χ3v) is 4.15. The molecule has 0 aliphatic carbocycles. The van der Waals surface area contributed by atoms with Gasteiger partial charge in [-0.05, 0) is 34.8 Å². The van der Waals surface area contributed by atoms with Gasteiger partial charge in [-0.3, -0.25) is 0 Å². The molecule has 0 aliphatic heterocycles. The van der Waals surface area contributed by atoms with Crippen molar-refractivity contribution in [1.29, 1.82) is 0 Å². The van der Waals surface area contributed by atoms with E-state index in [0.29, 0.717) is 0 Å². The summed E-state index contributed by atoms with van der Waals surface area (Å²) in [6.07, 6.45) is 1.84. The molecule has 3 rings (SSSR count). The maximum Gasteiger partial charge on any atom is 0.0703 e. The van der Waals surface area contributed by atoms with E-state index in [4.69, 9.17) is 0 Å². The zero-order valence-electron chi connectivity index (χ0n) is 11.9. The number of nitrogens with one attached hydrogen (secondary N) is 1. The summed E-state index contributed by atoms with van der Waals surface area (Å²) in [5.41, 5.74) is 3.71. The lowest BCUT2D eigenvalue weighted by molar-refractivity contribution is 0.638. The zero-order chi connectivity index (χ0) is 14.5. The SMILES string of the molecule is CCNC(c1ccc(-c2ccccc2)cc1)c1cnns1. The van der Waals surface area contributed by atoms with Crippen molar-refractivity contribution < 1.29 is 0 Å². The van der Waals surface area contributed by atoms with Crippen molar-refractivity contribution in [2.75, 3.05) is 6.54 Å². The lowest BCUT2D eigenvalue weighted by Crippen LogP contribution is -2.21. The molecule has 1 atom stereocenters. The van der Waals surface area contributed by atoms with Crippen molar-refractivity contribution in [2.24, 2.45) is 0 Å². The van der Waals surface area contributed by atoms with Crippen LogP contribution in [0.2, 0.25) is 0 Å². The summed E-state index contributed by atoms with van der Waals surface area (Å²) < 4.78 is 3.97. The van der Waals surface area contributed by atoms with E-state index in [0.717, 1.165) is 11.4 Å². The second-order valence-electron chi connectivity index (χ2n) is 4.80. The highest BCUT2D eigenvalue weighted by atomic mass is 32.1. The second kappa shape index (κ2) is 6.61. The van der Waals surface area contributed by atoms with E-state index < -0.39 is 0 Å². The molecule has 2 aromatic carbocycles. The van der Waals surface area contributed by atoms with Gasteiger partial charge in [-0.1, -0.05) is 66.0 Å². The Morgan fingerprint density at radius 3 is 2.33 bits per heavy atom. The highest BCUT2D eigenvalue weighted by molar-refractivity contribution is 7.05. The van der Waals surface area contributed by atoms with Crippen molar-refractivity contribution in [3.8, 4) is 11.1 Å². The van der Waals surface area contributed by atoms with Crippen LogP contribution in [-0.4, -0.2) is 16.1 Å². The van der Waals surface area contributed by atoms with Crippen LogP contribution in [-0.2, 0) is 0 Å². The van der Waals surface area contributed by atoms with Crippen LogP contribution < -0.4 is 5.32 Å². The van der Waals surface area contributed by atoms with Crippen LogP contribution in [0, 0.1) is 0 Å². The van der Waals surface area contributed by atoms with Crippen molar-refractivity contribution in [1.82, 2.24) is 14.9 Å². The van der Waals surface area contributed by atoms with E-state index in [1.165, 1.54) is 28.2 Å². The second-order valence-corrected chi connectivity index (χ2v) is 5.62. The third-order valence-electron chi connectivity index (χ3n) is 3.42. The van der Waals surface area contributed by atoms with Gasteiger partial charge in [0.1, 0.15) is 0 Å². The van der Waals surface area contributed by atoms with Gasteiger partial charge in [0.15, 0.2) is 0 Å². The van der Waals surface area contributed by atoms with Crippen LogP contribution in [0.25, 0.3) is 11.1 Å². The minimum absolute atomic E-state index is 0.167. The molecule has 1 N–H and O–H groups in total. The van der Waals surface area contributed by atoms with Crippen LogP contribution in [0.1, 0.15) is 23.4 Å². The number of aromatic nitrogens is 2. The topological polar surface area (TPSA) is 37.8 Å². The molecular formula is C17H17N3S. The quantitative estimate of drug-likeness (QED) is 0.775. The Morgan fingerprint density at radius 1 is 1.00 bits per heavy atom. The average molecular weight is 295 g/mol. The van der Waals surface area contributed by atoms with Crippen molar-refractivity contribution >= 4 is 11.5 Å². The summed E-state index contributed by atoms with van der Waals surface area (Å²) in [6, 6.07) is 19.3. The molecule has 21 heavy (non-hydrogen) atoms. The molecule has 1 aromatic heterocycles. The summed E-state index contributed by atoms with van der Waals surface area (Å²) in [7, 11) is 0. The van der Waals surface area contributed by atoms with Crippen molar-refractivity contribution in [2.45, 2.75) is 13.0 Å². The van der Waals surface area contributed by atoms with Crippen LogP contribution >= 0.6 is 11.5 Å². The summed E-state index contributed by atoms with van der Waals surface area (Å²) in [5, 5.41) is 7.44. The lowest BCUT2D eigenvalue weighted by atomic mass is 10.0. The summed E-state index contributed by atoms with van der Waals surface area (Å²) in [5.74, 6) is 0. The molecule has 106 valence electrons. The molecule has 0 spiro atoms. The lowest BCUT2D eigenvalue weighted by Gasteiger charge is -2.16. The number of rotatable bonds is 5. The molecule has 3 nitrogen and oxygen atoms in total. The first kappa shape index (κ1) is 13.9. The Hall–Kier alpha value is -2.04. The molecule has 0 amide bonds. The van der Waals surface area contributed by atoms with Gasteiger partial charge < -0.3 is 5.32 Å². The Kier molecular flexibility index (Phi) is 4.38. The van der Waals surface area contributed by atoms with Crippen LogP contribution in [0.4, 0.5) is 0 Å². The normalized spacial score (nSPS) is 12.2. The standard InChI is InChI=1S/C17H17N3S/c1-2-18-17(16-12-19-20-21-16)15-10-8-14(9-11-15)13-6-4-3-5-7-13/h3-12,17-18H,2H2,1H3. The predicted octanol–water partition coefficient (Wildman–Crippen LogP) is 3.90. The number of nitrogens with zero attached hydrogens (tertiary/aromatic N) is 2. The minimum Gasteiger partial charge on any atom is -0.306 e. The largest absolute Gasteiger partial charge is 0.306 e. The maximum atomic E-state index is 3.97. The predicted molar refractivity (Wildman–Crippen MR) is 87.3 cm³/mol. The van der Waals surface area contributed by atoms with Crippen LogP contribution in [0.3, 0.4) is 0 Å². The molecular weight excluding hydrogens is 278 g/mol. The van der Waals surface area contributed by atoms with Gasteiger partial charge in [-0.2, -0.15) is 0 Å². The number of hydrogen-bond donors (Lipinski definition) is 1. The zero-order valence-corrected chi connectivity index (χ0v) is 12.7. The van der Waals surface area contributed by atoms with Crippen LogP contribution in [0.15, 0.2) is 60.8 Å². The Bertz CT molecular complexity index is 663. The van der Waals surface area contributed by atoms with Gasteiger partial charge in [0.05, 0.1) is 17.1 Å². The van der Waals surface area contributed by atoms with Gasteiger partial charge in [-0.25, -0.2) is 0 Å². The third kappa shape index (κ3) is 3.17. The van der Waals surface area contributed by atoms with Crippen molar-refractivity contribution in [3.05, 3.63) is 71.2 Å². The van der Waals surface area contributed by atoms with Gasteiger partial charge in [-0.15, -0.1) is 5.10 Å². The fourth-order valence-corrected chi connectivity index (χ4v) is 3.00. The highest BCUT2D eigenvalue weighted by Gasteiger charge is 2.15. The molecule has 0 fully saturated rings.